The van der Waals surface area contributed by atoms with E-state index in [2.05, 4.69) is 20.3 Å². The van der Waals surface area contributed by atoms with Gasteiger partial charge in [0.1, 0.15) is 17.6 Å². The predicted octanol–water partition coefficient (Wildman–Crippen LogP) is 5.25. The average Bonchev–Trinajstić information content (AvgIpc) is 3.57. The standard InChI is InChI=1S/C40H47N5O8S/c1-52-38-24-35-28(22-30(38)25-41-26-37(47)29-12-13-36(46)34(23-29)43-54(2,50)51)14-21-45(35)39(48)17-20-44-18-15-31(16-19-44)53-40(49)42-33-11-7-6-10-32(33)27-8-4-3-5-9-27/h3-13,22-24,31,37,41,43,46-47H,14-21,25-26H2,1-2H3,(H,42,49)/t37-/m0/s1. The van der Waals surface area contributed by atoms with Gasteiger partial charge < -0.3 is 34.8 Å². The van der Waals surface area contributed by atoms with Crippen LogP contribution >= 0.6 is 0 Å². The molecule has 2 amide bonds. The molecular weight excluding hydrogens is 711 g/mol. The van der Waals surface area contributed by atoms with Crippen molar-refractivity contribution in [2.45, 2.75) is 44.4 Å². The van der Waals surface area contributed by atoms with E-state index in [4.69, 9.17) is 9.47 Å². The summed E-state index contributed by atoms with van der Waals surface area (Å²) in [5.74, 6) is 0.419. The van der Waals surface area contributed by atoms with E-state index in [1.807, 2.05) is 71.6 Å². The summed E-state index contributed by atoms with van der Waals surface area (Å²) in [7, 11) is -2.03. The first kappa shape index (κ1) is 38.6. The van der Waals surface area contributed by atoms with Gasteiger partial charge in [-0.2, -0.15) is 0 Å². The van der Waals surface area contributed by atoms with Crippen molar-refractivity contribution >= 4 is 39.1 Å². The van der Waals surface area contributed by atoms with Crippen molar-refractivity contribution in [3.05, 3.63) is 102 Å². The zero-order valence-electron chi connectivity index (χ0n) is 30.5. The van der Waals surface area contributed by atoms with Gasteiger partial charge in [0.2, 0.25) is 15.9 Å². The van der Waals surface area contributed by atoms with Crippen molar-refractivity contribution in [2.24, 2.45) is 0 Å². The second-order valence-corrected chi connectivity index (χ2v) is 15.4. The number of phenols is 1. The van der Waals surface area contributed by atoms with Gasteiger partial charge in [0.15, 0.2) is 0 Å². The minimum absolute atomic E-state index is 0.00802. The van der Waals surface area contributed by atoms with Crippen LogP contribution in [0.25, 0.3) is 11.1 Å². The molecule has 0 spiro atoms. The number of rotatable bonds is 14. The second-order valence-electron chi connectivity index (χ2n) is 13.6. The maximum Gasteiger partial charge on any atom is 0.411 e. The van der Waals surface area contributed by atoms with Gasteiger partial charge in [0, 0.05) is 62.9 Å². The van der Waals surface area contributed by atoms with Crippen molar-refractivity contribution in [3.8, 4) is 22.6 Å². The fourth-order valence-electron chi connectivity index (χ4n) is 6.95. The minimum Gasteiger partial charge on any atom is -0.506 e. The van der Waals surface area contributed by atoms with E-state index in [9.17, 15) is 28.2 Å². The largest absolute Gasteiger partial charge is 0.506 e. The number of fused-ring (bicyclic) bond motifs is 1. The molecule has 4 aromatic carbocycles. The number of hydrogen-bond donors (Lipinski definition) is 5. The summed E-state index contributed by atoms with van der Waals surface area (Å²) in [6, 6.07) is 25.7. The highest BCUT2D eigenvalue weighted by molar-refractivity contribution is 7.92. The zero-order valence-corrected chi connectivity index (χ0v) is 31.3. The number of methoxy groups -OCH3 is 1. The highest BCUT2D eigenvalue weighted by atomic mass is 32.2. The van der Waals surface area contributed by atoms with E-state index in [0.717, 1.165) is 47.3 Å². The predicted molar refractivity (Wildman–Crippen MR) is 208 cm³/mol. The molecule has 2 aliphatic heterocycles. The third kappa shape index (κ3) is 9.88. The first-order valence-electron chi connectivity index (χ1n) is 18.0. The summed E-state index contributed by atoms with van der Waals surface area (Å²) in [6.07, 6.45) is 1.80. The van der Waals surface area contributed by atoms with E-state index in [-0.39, 0.29) is 30.0 Å². The summed E-state index contributed by atoms with van der Waals surface area (Å²) in [5, 5.41) is 26.9. The Balaban J connectivity index is 0.957. The smallest absolute Gasteiger partial charge is 0.411 e. The Morgan fingerprint density at radius 1 is 0.944 bits per heavy atom. The number of hydrogen-bond acceptors (Lipinski definition) is 10. The maximum atomic E-state index is 13.4. The molecule has 14 heteroatoms. The number of para-hydroxylation sites is 1. The molecule has 0 aliphatic carbocycles. The van der Waals surface area contributed by atoms with E-state index in [1.165, 1.54) is 18.2 Å². The van der Waals surface area contributed by atoms with E-state index in [1.54, 1.807) is 7.11 Å². The molecule has 286 valence electrons. The van der Waals surface area contributed by atoms with Crippen LogP contribution in [0.2, 0.25) is 0 Å². The first-order valence-corrected chi connectivity index (χ1v) is 19.9. The molecule has 54 heavy (non-hydrogen) atoms. The number of aliphatic hydroxyl groups excluding tert-OH is 1. The van der Waals surface area contributed by atoms with Crippen LogP contribution in [0.15, 0.2) is 84.9 Å². The third-order valence-electron chi connectivity index (χ3n) is 9.73. The molecule has 0 aromatic heterocycles. The Labute approximate surface area is 315 Å². The Morgan fingerprint density at radius 2 is 1.69 bits per heavy atom. The highest BCUT2D eigenvalue weighted by Gasteiger charge is 2.28. The summed E-state index contributed by atoms with van der Waals surface area (Å²) in [4.78, 5) is 30.3. The van der Waals surface area contributed by atoms with Gasteiger partial charge in [-0.15, -0.1) is 0 Å². The number of piperidine rings is 1. The average molecular weight is 758 g/mol. The summed E-state index contributed by atoms with van der Waals surface area (Å²) in [5.41, 5.74) is 5.81. The number of anilines is 3. The molecule has 1 fully saturated rings. The molecular formula is C40H47N5O8S. The lowest BCUT2D eigenvalue weighted by Crippen LogP contribution is -2.40. The van der Waals surface area contributed by atoms with Crippen LogP contribution in [-0.2, 0) is 32.5 Å². The normalized spacial score (nSPS) is 15.4. The number of sulfonamides is 1. The van der Waals surface area contributed by atoms with Gasteiger partial charge in [-0.05, 0) is 60.2 Å². The highest BCUT2D eigenvalue weighted by Crippen LogP contribution is 2.36. The van der Waals surface area contributed by atoms with Crippen LogP contribution in [0.4, 0.5) is 21.9 Å². The molecule has 1 atom stereocenters. The molecule has 5 N–H and O–H groups in total. The first-order chi connectivity index (χ1) is 26.0. The quantitative estimate of drug-likeness (QED) is 0.107. The van der Waals surface area contributed by atoms with E-state index >= 15 is 0 Å². The number of nitrogens with zero attached hydrogens (tertiary/aromatic N) is 2. The molecule has 0 unspecified atom stereocenters. The number of carbonyl (C=O) groups excluding carboxylic acids is 2. The molecule has 1 saturated heterocycles. The van der Waals surface area contributed by atoms with Gasteiger partial charge in [0.05, 0.1) is 36.5 Å². The van der Waals surface area contributed by atoms with Crippen molar-refractivity contribution in [2.75, 3.05) is 61.0 Å². The van der Waals surface area contributed by atoms with Crippen LogP contribution in [-0.4, -0.2) is 87.7 Å². The number of amides is 2. The van der Waals surface area contributed by atoms with Crippen LogP contribution in [0.3, 0.4) is 0 Å². The third-order valence-corrected chi connectivity index (χ3v) is 10.3. The number of ether oxygens (including phenoxy) is 2. The minimum atomic E-state index is -3.61. The molecule has 6 rings (SSSR count). The van der Waals surface area contributed by atoms with Crippen LogP contribution < -0.4 is 25.0 Å². The molecule has 0 radical (unpaired) electrons. The lowest BCUT2D eigenvalue weighted by molar-refractivity contribution is -0.118. The number of aliphatic hydroxyl groups is 1. The molecule has 0 bridgehead atoms. The number of phenolic OH excluding ortho intramolecular Hbond substituents is 1. The van der Waals surface area contributed by atoms with Crippen LogP contribution in [0.5, 0.6) is 11.5 Å². The molecule has 4 aromatic rings. The van der Waals surface area contributed by atoms with Gasteiger partial charge in [-0.25, -0.2) is 13.2 Å². The Bertz CT molecular complexity index is 2050. The Kier molecular flexibility index (Phi) is 12.4. The SMILES string of the molecule is COc1cc2c(cc1CNC[C@H](O)c1ccc(O)c(NS(C)(=O)=O)c1)CCN2C(=O)CCN1CCC(OC(=O)Nc2ccccc2-c2ccccc2)CC1. The molecule has 2 aliphatic rings. The number of nitrogens with one attached hydrogen (secondary N) is 3. The van der Waals surface area contributed by atoms with Gasteiger partial charge >= 0.3 is 6.09 Å². The summed E-state index contributed by atoms with van der Waals surface area (Å²) in [6.45, 7) is 3.20. The molecule has 13 nitrogen and oxygen atoms in total. The van der Waals surface area contributed by atoms with Crippen molar-refractivity contribution < 1.29 is 37.7 Å². The van der Waals surface area contributed by atoms with Crippen molar-refractivity contribution in [3.63, 3.8) is 0 Å². The fourth-order valence-corrected chi connectivity index (χ4v) is 7.51. The topological polar surface area (TPSA) is 170 Å². The summed E-state index contributed by atoms with van der Waals surface area (Å²) < 4.78 is 37.0. The Hall–Kier alpha value is -5.15. The fraction of sp³-hybridized carbons (Fsp3) is 0.350. The lowest BCUT2D eigenvalue weighted by Gasteiger charge is -2.31. The van der Waals surface area contributed by atoms with E-state index in [0.29, 0.717) is 62.3 Å². The Morgan fingerprint density at radius 3 is 2.43 bits per heavy atom. The number of likely N-dealkylation sites (tertiary alicyclic amines) is 1. The van der Waals surface area contributed by atoms with Crippen LogP contribution in [0, 0.1) is 0 Å². The van der Waals surface area contributed by atoms with Crippen molar-refractivity contribution in [1.82, 2.24) is 10.2 Å². The lowest BCUT2D eigenvalue weighted by atomic mass is 10.0. The van der Waals surface area contributed by atoms with Crippen LogP contribution in [0.1, 0.15) is 42.1 Å². The molecule has 2 heterocycles. The van der Waals surface area contributed by atoms with Gasteiger partial charge in [-0.3, -0.25) is 14.8 Å². The number of carbonyl (C=O) groups is 2. The monoisotopic (exact) mass is 757 g/mol. The second kappa shape index (κ2) is 17.3. The summed E-state index contributed by atoms with van der Waals surface area (Å²) >= 11 is 0. The number of benzene rings is 4. The van der Waals surface area contributed by atoms with E-state index < -0.39 is 22.2 Å². The maximum absolute atomic E-state index is 13.4. The van der Waals surface area contributed by atoms with Crippen molar-refractivity contribution in [1.29, 1.82) is 0 Å². The molecule has 0 saturated carbocycles. The van der Waals surface area contributed by atoms with Gasteiger partial charge in [0.25, 0.3) is 0 Å². The number of aromatic hydroxyl groups is 1. The van der Waals surface area contributed by atoms with Gasteiger partial charge in [-0.1, -0.05) is 54.6 Å². The zero-order chi connectivity index (χ0) is 38.2.